The van der Waals surface area contributed by atoms with Gasteiger partial charge in [-0.2, -0.15) is 0 Å². The van der Waals surface area contributed by atoms with Crippen LogP contribution in [-0.2, 0) is 11.3 Å². The van der Waals surface area contributed by atoms with Crippen LogP contribution in [0.25, 0.3) is 0 Å². The molecule has 0 saturated heterocycles. The number of nitrogens with zero attached hydrogens (tertiary/aromatic N) is 1. The molecule has 0 spiro atoms. The van der Waals surface area contributed by atoms with Gasteiger partial charge in [0.2, 0.25) is 0 Å². The lowest BCUT2D eigenvalue weighted by Crippen LogP contribution is -2.36. The number of rotatable bonds is 3. The van der Waals surface area contributed by atoms with E-state index < -0.39 is 11.7 Å². The zero-order valence-electron chi connectivity index (χ0n) is 13.0. The molecule has 0 N–H and O–H groups in total. The molecule has 0 radical (unpaired) electrons. The highest BCUT2D eigenvalue weighted by molar-refractivity contribution is 5.87. The molecule has 22 heavy (non-hydrogen) atoms. The van der Waals surface area contributed by atoms with Gasteiger partial charge in [-0.25, -0.2) is 9.18 Å². The highest BCUT2D eigenvalue weighted by Gasteiger charge is 2.23. The molecular weight excluding hydrogens is 281 g/mol. The van der Waals surface area contributed by atoms with Crippen LogP contribution in [0.15, 0.2) is 54.6 Å². The Bertz CT molecular complexity index is 618. The maximum Gasteiger partial charge on any atom is 0.415 e. The average molecular weight is 301 g/mol. The van der Waals surface area contributed by atoms with E-state index in [0.29, 0.717) is 12.2 Å². The number of carbonyl (C=O) groups is 1. The molecule has 0 atom stereocenters. The number of hydrogen-bond donors (Lipinski definition) is 0. The van der Waals surface area contributed by atoms with Crippen molar-refractivity contribution in [3.63, 3.8) is 0 Å². The molecule has 3 nitrogen and oxygen atoms in total. The van der Waals surface area contributed by atoms with Crippen LogP contribution in [0, 0.1) is 5.82 Å². The Labute approximate surface area is 130 Å². The first kappa shape index (κ1) is 16.0. The van der Waals surface area contributed by atoms with Crippen molar-refractivity contribution in [2.45, 2.75) is 32.9 Å². The number of benzene rings is 2. The first-order valence-electron chi connectivity index (χ1n) is 7.15. The molecule has 0 saturated carbocycles. The second-order valence-corrected chi connectivity index (χ2v) is 6.03. The fourth-order valence-corrected chi connectivity index (χ4v) is 1.97. The molecule has 2 rings (SSSR count). The highest BCUT2D eigenvalue weighted by Crippen LogP contribution is 2.21. The Morgan fingerprint density at radius 1 is 1.05 bits per heavy atom. The van der Waals surface area contributed by atoms with Gasteiger partial charge in [-0.05, 0) is 50.6 Å². The minimum atomic E-state index is -0.591. The normalized spacial score (nSPS) is 11.1. The van der Waals surface area contributed by atoms with Crippen molar-refractivity contribution in [3.8, 4) is 0 Å². The van der Waals surface area contributed by atoms with Gasteiger partial charge < -0.3 is 4.74 Å². The van der Waals surface area contributed by atoms with Crippen LogP contribution >= 0.6 is 0 Å². The second kappa shape index (κ2) is 6.60. The quantitative estimate of drug-likeness (QED) is 0.817. The van der Waals surface area contributed by atoms with Gasteiger partial charge in [0.1, 0.15) is 11.4 Å². The Balaban J connectivity index is 2.27. The Kier molecular flexibility index (Phi) is 4.81. The van der Waals surface area contributed by atoms with Crippen molar-refractivity contribution in [1.29, 1.82) is 0 Å². The maximum atomic E-state index is 13.1. The SMILES string of the molecule is CC(C)(C)OC(=O)N(Cc1ccccc1)c1ccc(F)cc1. The van der Waals surface area contributed by atoms with Crippen LogP contribution in [0.2, 0.25) is 0 Å². The van der Waals surface area contributed by atoms with Gasteiger partial charge in [0.25, 0.3) is 0 Å². The first-order chi connectivity index (χ1) is 10.3. The molecule has 116 valence electrons. The summed E-state index contributed by atoms with van der Waals surface area (Å²) in [7, 11) is 0. The van der Waals surface area contributed by atoms with Crippen LogP contribution in [-0.4, -0.2) is 11.7 Å². The topological polar surface area (TPSA) is 29.5 Å². The third kappa shape index (κ3) is 4.58. The van der Waals surface area contributed by atoms with Crippen molar-refractivity contribution < 1.29 is 13.9 Å². The molecule has 2 aromatic carbocycles. The third-order valence-corrected chi connectivity index (χ3v) is 2.94. The molecular formula is C18H20FNO2. The van der Waals surface area contributed by atoms with E-state index >= 15 is 0 Å². The smallest absolute Gasteiger partial charge is 0.415 e. The lowest BCUT2D eigenvalue weighted by molar-refractivity contribution is 0.0577. The molecule has 0 aromatic heterocycles. The van der Waals surface area contributed by atoms with E-state index in [1.165, 1.54) is 17.0 Å². The van der Waals surface area contributed by atoms with Crippen LogP contribution in [0.4, 0.5) is 14.9 Å². The molecule has 0 bridgehead atoms. The lowest BCUT2D eigenvalue weighted by atomic mass is 10.2. The third-order valence-electron chi connectivity index (χ3n) is 2.94. The summed E-state index contributed by atoms with van der Waals surface area (Å²) in [6.45, 7) is 5.81. The summed E-state index contributed by atoms with van der Waals surface area (Å²) in [4.78, 5) is 14.0. The minimum absolute atomic E-state index is 0.340. The van der Waals surface area contributed by atoms with Crippen LogP contribution in [0.3, 0.4) is 0 Å². The summed E-state index contributed by atoms with van der Waals surface area (Å²) in [6.07, 6.45) is -0.456. The number of anilines is 1. The van der Waals surface area contributed by atoms with E-state index in [1.54, 1.807) is 12.1 Å². The van der Waals surface area contributed by atoms with Gasteiger partial charge in [-0.15, -0.1) is 0 Å². The molecule has 0 aliphatic carbocycles. The summed E-state index contributed by atoms with van der Waals surface area (Å²) in [5.74, 6) is -0.340. The predicted molar refractivity (Wildman–Crippen MR) is 85.3 cm³/mol. The Morgan fingerprint density at radius 2 is 1.64 bits per heavy atom. The lowest BCUT2D eigenvalue weighted by Gasteiger charge is -2.27. The van der Waals surface area contributed by atoms with Gasteiger partial charge >= 0.3 is 6.09 Å². The van der Waals surface area contributed by atoms with Crippen molar-refractivity contribution in [2.75, 3.05) is 4.90 Å². The molecule has 0 unspecified atom stereocenters. The van der Waals surface area contributed by atoms with Crippen LogP contribution < -0.4 is 4.90 Å². The fraction of sp³-hybridized carbons (Fsp3) is 0.278. The van der Waals surface area contributed by atoms with E-state index in [-0.39, 0.29) is 5.82 Å². The van der Waals surface area contributed by atoms with Gasteiger partial charge in [-0.1, -0.05) is 30.3 Å². The minimum Gasteiger partial charge on any atom is -0.443 e. The van der Waals surface area contributed by atoms with Crippen molar-refractivity contribution in [1.82, 2.24) is 0 Å². The molecule has 4 heteroatoms. The van der Waals surface area contributed by atoms with Gasteiger partial charge in [-0.3, -0.25) is 4.90 Å². The molecule has 1 amide bonds. The van der Waals surface area contributed by atoms with Gasteiger partial charge in [0.15, 0.2) is 0 Å². The summed E-state index contributed by atoms with van der Waals surface area (Å²) in [5.41, 5.74) is 0.976. The van der Waals surface area contributed by atoms with Crippen molar-refractivity contribution >= 4 is 11.8 Å². The summed E-state index contributed by atoms with van der Waals surface area (Å²) in [6, 6.07) is 15.4. The predicted octanol–water partition coefficient (Wildman–Crippen LogP) is 4.77. The number of hydrogen-bond acceptors (Lipinski definition) is 2. The molecule has 0 fully saturated rings. The Morgan fingerprint density at radius 3 is 2.18 bits per heavy atom. The molecule has 0 heterocycles. The Hall–Kier alpha value is -2.36. The van der Waals surface area contributed by atoms with Crippen molar-refractivity contribution in [3.05, 3.63) is 66.0 Å². The number of carbonyl (C=O) groups excluding carboxylic acids is 1. The van der Waals surface area contributed by atoms with E-state index in [2.05, 4.69) is 0 Å². The largest absolute Gasteiger partial charge is 0.443 e. The molecule has 2 aromatic rings. The van der Waals surface area contributed by atoms with E-state index in [0.717, 1.165) is 5.56 Å². The van der Waals surface area contributed by atoms with Gasteiger partial charge in [0, 0.05) is 5.69 Å². The summed E-state index contributed by atoms with van der Waals surface area (Å²) >= 11 is 0. The van der Waals surface area contributed by atoms with E-state index in [9.17, 15) is 9.18 Å². The fourth-order valence-electron chi connectivity index (χ4n) is 1.97. The summed E-state index contributed by atoms with van der Waals surface area (Å²) in [5, 5.41) is 0. The number of ether oxygens (including phenoxy) is 1. The van der Waals surface area contributed by atoms with Crippen LogP contribution in [0.1, 0.15) is 26.3 Å². The number of halogens is 1. The van der Waals surface area contributed by atoms with E-state index in [4.69, 9.17) is 4.74 Å². The average Bonchev–Trinajstić information content (AvgIpc) is 2.45. The standard InChI is InChI=1S/C18H20FNO2/c1-18(2,3)22-17(21)20(13-14-7-5-4-6-8-14)16-11-9-15(19)10-12-16/h4-12H,13H2,1-3H3. The first-order valence-corrected chi connectivity index (χ1v) is 7.15. The second-order valence-electron chi connectivity index (χ2n) is 6.03. The zero-order chi connectivity index (χ0) is 16.2. The van der Waals surface area contributed by atoms with Crippen LogP contribution in [0.5, 0.6) is 0 Å². The maximum absolute atomic E-state index is 13.1. The summed E-state index contributed by atoms with van der Waals surface area (Å²) < 4.78 is 18.6. The van der Waals surface area contributed by atoms with Gasteiger partial charge in [0.05, 0.1) is 6.54 Å². The zero-order valence-corrected chi connectivity index (χ0v) is 13.0. The highest BCUT2D eigenvalue weighted by atomic mass is 19.1. The van der Waals surface area contributed by atoms with E-state index in [1.807, 2.05) is 51.1 Å². The monoisotopic (exact) mass is 301 g/mol. The number of amides is 1. The van der Waals surface area contributed by atoms with Crippen molar-refractivity contribution in [2.24, 2.45) is 0 Å². The molecule has 0 aliphatic heterocycles. The molecule has 0 aliphatic rings.